The van der Waals surface area contributed by atoms with Gasteiger partial charge in [0.15, 0.2) is 0 Å². The fourth-order valence-corrected chi connectivity index (χ4v) is 3.44. The molecule has 0 aromatic carbocycles. The summed E-state index contributed by atoms with van der Waals surface area (Å²) < 4.78 is 1.19. The van der Waals surface area contributed by atoms with E-state index >= 15 is 0 Å². The molecule has 0 aliphatic rings. The van der Waals surface area contributed by atoms with E-state index in [9.17, 15) is 0 Å². The smallest absolute Gasteiger partial charge is 0.107 e. The summed E-state index contributed by atoms with van der Waals surface area (Å²) in [5.74, 6) is 0. The van der Waals surface area contributed by atoms with Gasteiger partial charge in [-0.05, 0) is 34.3 Å². The van der Waals surface area contributed by atoms with E-state index in [0.717, 1.165) is 18.1 Å². The van der Waals surface area contributed by atoms with Gasteiger partial charge in [-0.2, -0.15) is 0 Å². The van der Waals surface area contributed by atoms with Crippen LogP contribution in [0.25, 0.3) is 0 Å². The van der Waals surface area contributed by atoms with Crippen molar-refractivity contribution in [1.29, 1.82) is 0 Å². The molecule has 0 aliphatic heterocycles. The van der Waals surface area contributed by atoms with Crippen LogP contribution in [-0.4, -0.2) is 4.98 Å². The zero-order valence-corrected chi connectivity index (χ0v) is 11.5. The molecule has 0 aliphatic carbocycles. The van der Waals surface area contributed by atoms with Crippen LogP contribution in [0.4, 0.5) is 0 Å². The number of thiophene rings is 1. The van der Waals surface area contributed by atoms with Gasteiger partial charge in [-0.25, -0.2) is 4.98 Å². The van der Waals surface area contributed by atoms with Gasteiger partial charge in [-0.3, -0.25) is 0 Å². The third kappa shape index (κ3) is 3.11. The van der Waals surface area contributed by atoms with Crippen LogP contribution < -0.4 is 5.32 Å². The minimum atomic E-state index is 0.850. The van der Waals surface area contributed by atoms with Crippen molar-refractivity contribution in [2.45, 2.75) is 20.0 Å². The highest BCUT2D eigenvalue weighted by Crippen LogP contribution is 2.22. The minimum absolute atomic E-state index is 0.850. The van der Waals surface area contributed by atoms with Crippen LogP contribution in [0, 0.1) is 6.92 Å². The number of halogens is 1. The standard InChI is InChI=1S/C10H11BrN2S2/c1-7-4-13-10(15-7)6-12-5-9-8(11)2-3-14-9/h2-4,12H,5-6H2,1H3. The van der Waals surface area contributed by atoms with Gasteiger partial charge >= 0.3 is 0 Å². The van der Waals surface area contributed by atoms with E-state index in [1.807, 2.05) is 6.20 Å². The lowest BCUT2D eigenvalue weighted by Gasteiger charge is -2.00. The summed E-state index contributed by atoms with van der Waals surface area (Å²) in [6.07, 6.45) is 1.92. The Morgan fingerprint density at radius 3 is 2.93 bits per heavy atom. The van der Waals surface area contributed by atoms with E-state index in [1.54, 1.807) is 22.7 Å². The number of nitrogens with zero attached hydrogens (tertiary/aromatic N) is 1. The maximum atomic E-state index is 4.30. The Morgan fingerprint density at radius 1 is 1.47 bits per heavy atom. The summed E-state index contributed by atoms with van der Waals surface area (Å²) >= 11 is 7.02. The van der Waals surface area contributed by atoms with Crippen LogP contribution in [0.3, 0.4) is 0 Å². The van der Waals surface area contributed by atoms with Gasteiger partial charge in [0.2, 0.25) is 0 Å². The third-order valence-electron chi connectivity index (χ3n) is 1.92. The molecule has 2 aromatic rings. The molecule has 0 saturated carbocycles. The Balaban J connectivity index is 1.83. The van der Waals surface area contributed by atoms with Gasteiger partial charge in [0.05, 0.1) is 0 Å². The lowest BCUT2D eigenvalue weighted by molar-refractivity contribution is 0.696. The molecule has 2 aromatic heterocycles. The minimum Gasteiger partial charge on any atom is -0.305 e. The molecule has 2 rings (SSSR count). The highest BCUT2D eigenvalue weighted by atomic mass is 79.9. The van der Waals surface area contributed by atoms with Crippen molar-refractivity contribution in [1.82, 2.24) is 10.3 Å². The van der Waals surface area contributed by atoms with Crippen LogP contribution in [0.1, 0.15) is 14.8 Å². The van der Waals surface area contributed by atoms with Crippen molar-refractivity contribution >= 4 is 38.6 Å². The van der Waals surface area contributed by atoms with E-state index in [2.05, 4.69) is 44.6 Å². The van der Waals surface area contributed by atoms with Crippen molar-refractivity contribution in [3.63, 3.8) is 0 Å². The number of hydrogen-bond donors (Lipinski definition) is 1. The maximum absolute atomic E-state index is 4.30. The number of thiazole rings is 1. The lowest BCUT2D eigenvalue weighted by atomic mass is 10.4. The second-order valence-corrected chi connectivity index (χ2v) is 6.33. The molecule has 0 bridgehead atoms. The topological polar surface area (TPSA) is 24.9 Å². The predicted molar refractivity (Wildman–Crippen MR) is 69.4 cm³/mol. The molecular formula is C10H11BrN2S2. The maximum Gasteiger partial charge on any atom is 0.107 e. The first-order valence-corrected chi connectivity index (χ1v) is 7.08. The van der Waals surface area contributed by atoms with Crippen LogP contribution in [0.5, 0.6) is 0 Å². The summed E-state index contributed by atoms with van der Waals surface area (Å²) in [4.78, 5) is 6.91. The van der Waals surface area contributed by atoms with Crippen molar-refractivity contribution in [2.24, 2.45) is 0 Å². The molecule has 0 unspecified atom stereocenters. The zero-order valence-electron chi connectivity index (χ0n) is 8.29. The van der Waals surface area contributed by atoms with E-state index in [4.69, 9.17) is 0 Å². The van der Waals surface area contributed by atoms with Crippen molar-refractivity contribution in [2.75, 3.05) is 0 Å². The fraction of sp³-hybridized carbons (Fsp3) is 0.300. The SMILES string of the molecule is Cc1cnc(CNCc2sccc2Br)s1. The first kappa shape index (κ1) is 11.3. The normalized spacial score (nSPS) is 10.8. The average Bonchev–Trinajstić information content (AvgIpc) is 2.77. The molecule has 0 spiro atoms. The number of rotatable bonds is 4. The molecule has 0 fully saturated rings. The molecular weight excluding hydrogens is 292 g/mol. The second kappa shape index (κ2) is 5.21. The molecule has 2 heterocycles. The molecule has 5 heteroatoms. The number of aromatic nitrogens is 1. The Hall–Kier alpha value is -0.230. The largest absolute Gasteiger partial charge is 0.305 e. The van der Waals surface area contributed by atoms with Gasteiger partial charge in [0.25, 0.3) is 0 Å². The van der Waals surface area contributed by atoms with Crippen LogP contribution >= 0.6 is 38.6 Å². The van der Waals surface area contributed by atoms with Crippen LogP contribution in [0.15, 0.2) is 22.1 Å². The van der Waals surface area contributed by atoms with E-state index in [-0.39, 0.29) is 0 Å². The summed E-state index contributed by atoms with van der Waals surface area (Å²) in [6, 6.07) is 2.08. The van der Waals surface area contributed by atoms with Gasteiger partial charge in [-0.15, -0.1) is 22.7 Å². The average molecular weight is 303 g/mol. The Bertz CT molecular complexity index is 436. The third-order valence-corrected chi connectivity index (χ3v) is 4.76. The van der Waals surface area contributed by atoms with Crippen molar-refractivity contribution in [3.05, 3.63) is 36.9 Å². The first-order valence-electron chi connectivity index (χ1n) is 4.59. The summed E-state index contributed by atoms with van der Waals surface area (Å²) in [6.45, 7) is 3.83. The van der Waals surface area contributed by atoms with E-state index in [1.165, 1.54) is 14.2 Å². The molecule has 1 N–H and O–H groups in total. The predicted octanol–water partition coefficient (Wildman–Crippen LogP) is 3.57. The number of aryl methyl sites for hydroxylation is 1. The first-order chi connectivity index (χ1) is 7.25. The van der Waals surface area contributed by atoms with Gasteiger partial charge in [-0.1, -0.05) is 0 Å². The second-order valence-electron chi connectivity index (χ2n) is 3.16. The molecule has 0 amide bonds. The van der Waals surface area contributed by atoms with Crippen molar-refractivity contribution < 1.29 is 0 Å². The van der Waals surface area contributed by atoms with Gasteiger partial charge in [0, 0.05) is 33.5 Å². The molecule has 80 valence electrons. The van der Waals surface area contributed by atoms with Gasteiger partial charge in [0.1, 0.15) is 5.01 Å². The Morgan fingerprint density at radius 2 is 2.33 bits per heavy atom. The lowest BCUT2D eigenvalue weighted by Crippen LogP contribution is -2.11. The highest BCUT2D eigenvalue weighted by molar-refractivity contribution is 9.10. The van der Waals surface area contributed by atoms with Gasteiger partial charge < -0.3 is 5.32 Å². The Labute approximate surface area is 106 Å². The summed E-state index contributed by atoms with van der Waals surface area (Å²) in [7, 11) is 0. The zero-order chi connectivity index (χ0) is 10.7. The number of hydrogen-bond acceptors (Lipinski definition) is 4. The van der Waals surface area contributed by atoms with E-state index in [0.29, 0.717) is 0 Å². The highest BCUT2D eigenvalue weighted by Gasteiger charge is 2.02. The summed E-state index contributed by atoms with van der Waals surface area (Å²) in [5.41, 5.74) is 0. The summed E-state index contributed by atoms with van der Waals surface area (Å²) in [5, 5.41) is 6.63. The quantitative estimate of drug-likeness (QED) is 0.934. The molecule has 2 nitrogen and oxygen atoms in total. The van der Waals surface area contributed by atoms with Crippen LogP contribution in [-0.2, 0) is 13.1 Å². The molecule has 0 saturated heterocycles. The fourth-order valence-electron chi connectivity index (χ4n) is 1.22. The van der Waals surface area contributed by atoms with Crippen LogP contribution in [0.2, 0.25) is 0 Å². The number of nitrogens with one attached hydrogen (secondary N) is 1. The molecule has 15 heavy (non-hydrogen) atoms. The Kier molecular flexibility index (Phi) is 3.91. The van der Waals surface area contributed by atoms with Crippen molar-refractivity contribution in [3.8, 4) is 0 Å². The molecule has 0 radical (unpaired) electrons. The molecule has 0 atom stereocenters. The van der Waals surface area contributed by atoms with E-state index < -0.39 is 0 Å². The monoisotopic (exact) mass is 302 g/mol.